The van der Waals surface area contributed by atoms with Gasteiger partial charge >= 0.3 is 23.7 Å². The van der Waals surface area contributed by atoms with E-state index in [1.54, 1.807) is 6.92 Å². The predicted octanol–water partition coefficient (Wildman–Crippen LogP) is 1.27. The Balaban J connectivity index is -0.000000137. The molecular weight excluding hydrogens is 186 g/mol. The Morgan fingerprint density at radius 2 is 1.42 bits per heavy atom. The minimum atomic E-state index is 0.750. The first-order valence-corrected chi connectivity index (χ1v) is 4.04. The molecule has 0 N–H and O–H groups in total. The molecule has 0 aromatic carbocycles. The van der Waals surface area contributed by atoms with Gasteiger partial charge in [0.05, 0.1) is 0 Å². The summed E-state index contributed by atoms with van der Waals surface area (Å²) in [6.07, 6.45) is 5.96. The first kappa shape index (κ1) is 18.0. The normalized spacial score (nSPS) is 6.92. The summed E-state index contributed by atoms with van der Waals surface area (Å²) in [4.78, 5) is 2.04. The van der Waals surface area contributed by atoms with Crippen LogP contribution in [0, 0.1) is 33.1 Å². The summed E-state index contributed by atoms with van der Waals surface area (Å²) in [5.74, 6) is 2.00. The molecule has 0 aliphatic rings. The Morgan fingerprint density at radius 3 is 1.42 bits per heavy atom. The quantitative estimate of drug-likeness (QED) is 0.389. The Kier molecular flexibility index (Phi) is 33.6. The van der Waals surface area contributed by atoms with E-state index in [4.69, 9.17) is 9.75 Å². The fourth-order valence-corrected chi connectivity index (χ4v) is 0.335. The molecule has 0 aliphatic carbocycles. The number of hydrogen-bond donors (Lipinski definition) is 0. The van der Waals surface area contributed by atoms with Gasteiger partial charge in [0.15, 0.2) is 0 Å². The molecule has 0 aromatic heterocycles. The van der Waals surface area contributed by atoms with Crippen molar-refractivity contribution in [3.8, 4) is 5.92 Å². The summed E-state index contributed by atoms with van der Waals surface area (Å²) in [6.45, 7) is 15.0. The maximum absolute atomic E-state index is 8.25. The second kappa shape index (κ2) is 22.5. The molecule has 0 bridgehead atoms. The van der Waals surface area contributed by atoms with Gasteiger partial charge in [-0.05, 0) is 6.92 Å². The van der Waals surface area contributed by atoms with Crippen LogP contribution in [-0.4, -0.2) is 24.5 Å². The van der Waals surface area contributed by atoms with Crippen molar-refractivity contribution in [1.29, 1.82) is 0 Å². The van der Waals surface area contributed by atoms with Crippen molar-refractivity contribution in [2.24, 2.45) is 0 Å². The third kappa shape index (κ3) is 22.5. The average Bonchev–Trinajstić information content (AvgIpc) is 2.12. The third-order valence-corrected chi connectivity index (χ3v) is 0.949. The molecular formula is C9H15NOTi-4. The summed E-state index contributed by atoms with van der Waals surface area (Å²) in [6, 6.07) is 0. The summed E-state index contributed by atoms with van der Waals surface area (Å²) in [5.41, 5.74) is 0. The SMILES string of the molecule is [C-]#CC.[CH2-]CN(C[CH2-])C[CH2-].[O]=[Ti]. The summed E-state index contributed by atoms with van der Waals surface area (Å²) >= 11 is 0.750. The van der Waals surface area contributed by atoms with Gasteiger partial charge in [0.2, 0.25) is 0 Å². The molecule has 2 nitrogen and oxygen atoms in total. The molecule has 0 aliphatic heterocycles. The van der Waals surface area contributed by atoms with Crippen LogP contribution in [0.5, 0.6) is 0 Å². The Hall–Kier alpha value is 0.0343. The summed E-state index contributed by atoms with van der Waals surface area (Å²) in [7, 11) is 0. The molecule has 0 saturated carbocycles. The van der Waals surface area contributed by atoms with E-state index in [2.05, 4.69) is 20.8 Å². The zero-order valence-corrected chi connectivity index (χ0v) is 9.16. The van der Waals surface area contributed by atoms with E-state index in [-0.39, 0.29) is 0 Å². The zero-order chi connectivity index (χ0) is 10.4. The molecule has 3 heteroatoms. The molecule has 0 radical (unpaired) electrons. The van der Waals surface area contributed by atoms with Crippen LogP contribution in [0.25, 0.3) is 0 Å². The van der Waals surface area contributed by atoms with Gasteiger partial charge in [0.25, 0.3) is 0 Å². The summed E-state index contributed by atoms with van der Waals surface area (Å²) in [5, 5.41) is 0. The maximum atomic E-state index is 8.25. The van der Waals surface area contributed by atoms with E-state index in [1.807, 2.05) is 10.8 Å². The van der Waals surface area contributed by atoms with Crippen LogP contribution in [0.2, 0.25) is 0 Å². The third-order valence-electron chi connectivity index (χ3n) is 0.949. The van der Waals surface area contributed by atoms with Gasteiger partial charge in [-0.15, -0.1) is 19.6 Å². The van der Waals surface area contributed by atoms with Crippen LogP contribution >= 0.6 is 0 Å². The molecule has 0 rings (SSSR count). The van der Waals surface area contributed by atoms with E-state index in [0.29, 0.717) is 0 Å². The average molecular weight is 201 g/mol. The molecule has 12 heavy (non-hydrogen) atoms. The molecule has 0 heterocycles. The van der Waals surface area contributed by atoms with Gasteiger partial charge < -0.3 is 38.0 Å². The number of nitrogens with zero attached hydrogens (tertiary/aromatic N) is 1. The first-order valence-electron chi connectivity index (χ1n) is 3.40. The van der Waals surface area contributed by atoms with Crippen molar-refractivity contribution in [1.82, 2.24) is 4.90 Å². The fourth-order valence-electron chi connectivity index (χ4n) is 0.335. The van der Waals surface area contributed by atoms with Crippen molar-refractivity contribution in [3.05, 3.63) is 27.2 Å². The van der Waals surface area contributed by atoms with Gasteiger partial charge in [-0.25, -0.2) is 0 Å². The van der Waals surface area contributed by atoms with Crippen LogP contribution < -0.4 is 0 Å². The Labute approximate surface area is 88.4 Å². The molecule has 0 fully saturated rings. The second-order valence-electron chi connectivity index (χ2n) is 1.59. The van der Waals surface area contributed by atoms with Gasteiger partial charge in [-0.3, -0.25) is 0 Å². The molecule has 0 saturated heterocycles. The van der Waals surface area contributed by atoms with Gasteiger partial charge in [-0.2, -0.15) is 0 Å². The van der Waals surface area contributed by atoms with Crippen LogP contribution in [0.4, 0.5) is 0 Å². The van der Waals surface area contributed by atoms with E-state index < -0.39 is 0 Å². The van der Waals surface area contributed by atoms with Crippen molar-refractivity contribution in [2.75, 3.05) is 19.6 Å². The van der Waals surface area contributed by atoms with E-state index in [9.17, 15) is 0 Å². The topological polar surface area (TPSA) is 20.3 Å². The monoisotopic (exact) mass is 201 g/mol. The van der Waals surface area contributed by atoms with Gasteiger partial charge in [0.1, 0.15) is 0 Å². The first-order chi connectivity index (χ1) is 5.76. The van der Waals surface area contributed by atoms with E-state index in [0.717, 1.165) is 40.0 Å². The van der Waals surface area contributed by atoms with E-state index in [1.165, 1.54) is 0 Å². The van der Waals surface area contributed by atoms with Crippen molar-refractivity contribution < 1.29 is 23.7 Å². The van der Waals surface area contributed by atoms with Crippen LogP contribution in [0.15, 0.2) is 0 Å². The minimum absolute atomic E-state index is 0.750. The summed E-state index contributed by atoms with van der Waals surface area (Å²) < 4.78 is 8.25. The number of rotatable bonds is 3. The van der Waals surface area contributed by atoms with Crippen molar-refractivity contribution in [3.63, 3.8) is 0 Å². The van der Waals surface area contributed by atoms with Gasteiger partial charge in [0, 0.05) is 0 Å². The second-order valence-corrected chi connectivity index (χ2v) is 1.59. The Morgan fingerprint density at radius 1 is 1.25 bits per heavy atom. The van der Waals surface area contributed by atoms with Crippen LogP contribution in [0.3, 0.4) is 0 Å². The molecule has 0 aromatic rings. The van der Waals surface area contributed by atoms with Crippen LogP contribution in [-0.2, 0) is 23.7 Å². The van der Waals surface area contributed by atoms with Crippen molar-refractivity contribution in [2.45, 2.75) is 6.92 Å². The predicted molar refractivity (Wildman–Crippen MR) is 46.0 cm³/mol. The molecule has 0 amide bonds. The van der Waals surface area contributed by atoms with Gasteiger partial charge in [-0.1, -0.05) is 0 Å². The fraction of sp³-hybridized carbons (Fsp3) is 0.444. The molecule has 0 atom stereocenters. The molecule has 0 spiro atoms. The standard InChI is InChI=1S/C6H12N.C3H3.O.Ti/c1-4-7(5-2)6-3;1-3-2;;/h1-6H2;1H3;;/q-3;-1;;. The number of hydrogen-bond acceptors (Lipinski definition) is 2. The van der Waals surface area contributed by atoms with Crippen molar-refractivity contribution >= 4 is 0 Å². The molecule has 70 valence electrons. The van der Waals surface area contributed by atoms with Crippen LogP contribution in [0.1, 0.15) is 6.92 Å². The Bertz CT molecular complexity index is 91.7. The zero-order valence-electron chi connectivity index (χ0n) is 7.60. The molecule has 0 unspecified atom stereocenters. The van der Waals surface area contributed by atoms with E-state index >= 15 is 0 Å².